The highest BCUT2D eigenvalue weighted by atomic mass is 32.2. The number of amidine groups is 1. The summed E-state index contributed by atoms with van der Waals surface area (Å²) in [5.74, 6) is 1.15. The zero-order valence-corrected chi connectivity index (χ0v) is 10.5. The minimum atomic E-state index is -0.165. The van der Waals surface area contributed by atoms with Crippen LogP contribution in [0.5, 0.6) is 0 Å². The number of hydrogen-bond acceptors (Lipinski definition) is 6. The lowest BCUT2D eigenvalue weighted by Gasteiger charge is -2.26. The third-order valence-electron chi connectivity index (χ3n) is 2.44. The topological polar surface area (TPSA) is 45.0 Å². The smallest absolute Gasteiger partial charge is 0.246 e. The molecule has 0 aliphatic carbocycles. The summed E-state index contributed by atoms with van der Waals surface area (Å²) in [5, 5.41) is 0.767. The van der Waals surface area contributed by atoms with Gasteiger partial charge in [0.2, 0.25) is 5.91 Å². The van der Waals surface area contributed by atoms with Crippen molar-refractivity contribution in [3.05, 3.63) is 0 Å². The van der Waals surface area contributed by atoms with Crippen LogP contribution in [0.3, 0.4) is 0 Å². The number of aliphatic imine (C=N–C) groups is 2. The fourth-order valence-electron chi connectivity index (χ4n) is 1.73. The molecule has 15 heavy (non-hydrogen) atoms. The predicted octanol–water partition coefficient (Wildman–Crippen LogP) is 1.09. The van der Waals surface area contributed by atoms with Crippen molar-refractivity contribution < 1.29 is 4.79 Å². The molecule has 2 atom stereocenters. The van der Waals surface area contributed by atoms with E-state index in [2.05, 4.69) is 9.98 Å². The Bertz CT molecular complexity index is 381. The van der Waals surface area contributed by atoms with Crippen molar-refractivity contribution in [1.29, 1.82) is 0 Å². The monoisotopic (exact) mass is 259 g/mol. The number of carbonyl (C=O) groups excluding carboxylic acids is 1. The molecule has 3 heterocycles. The molecule has 3 aliphatic heterocycles. The second-order valence-corrected chi connectivity index (χ2v) is 6.55. The van der Waals surface area contributed by atoms with E-state index in [1.807, 2.05) is 6.26 Å². The highest BCUT2D eigenvalue weighted by molar-refractivity contribution is 8.39. The second-order valence-electron chi connectivity index (χ2n) is 3.30. The summed E-state index contributed by atoms with van der Waals surface area (Å²) in [5.41, 5.74) is 0. The molecule has 2 unspecified atom stereocenters. The normalized spacial score (nSPS) is 33.7. The van der Waals surface area contributed by atoms with Gasteiger partial charge in [0, 0.05) is 12.3 Å². The fraction of sp³-hybridized carbons (Fsp3) is 0.625. The molecule has 4 nitrogen and oxygen atoms in total. The summed E-state index contributed by atoms with van der Waals surface area (Å²) in [6.45, 7) is 0.806. The van der Waals surface area contributed by atoms with E-state index >= 15 is 0 Å². The van der Waals surface area contributed by atoms with E-state index in [-0.39, 0.29) is 17.3 Å². The zero-order valence-electron chi connectivity index (χ0n) is 8.04. The largest absolute Gasteiger partial charge is 0.290 e. The van der Waals surface area contributed by atoms with Gasteiger partial charge in [-0.15, -0.1) is 11.8 Å². The molecule has 0 aromatic heterocycles. The van der Waals surface area contributed by atoms with Crippen molar-refractivity contribution in [3.8, 4) is 0 Å². The lowest BCUT2D eigenvalue weighted by Crippen LogP contribution is -2.46. The molecule has 1 fully saturated rings. The molecule has 0 N–H and O–H groups in total. The Balaban J connectivity index is 1.94. The van der Waals surface area contributed by atoms with Crippen LogP contribution in [0.4, 0.5) is 0 Å². The number of rotatable bonds is 0. The van der Waals surface area contributed by atoms with E-state index in [1.165, 1.54) is 0 Å². The van der Waals surface area contributed by atoms with Gasteiger partial charge >= 0.3 is 0 Å². The van der Waals surface area contributed by atoms with Crippen LogP contribution in [0.15, 0.2) is 9.98 Å². The molecule has 0 radical (unpaired) electrons. The van der Waals surface area contributed by atoms with Gasteiger partial charge in [0.15, 0.2) is 11.3 Å². The Labute approximate surface area is 100 Å². The number of thioether (sulfide) groups is 3. The maximum Gasteiger partial charge on any atom is 0.246 e. The van der Waals surface area contributed by atoms with E-state index < -0.39 is 0 Å². The highest BCUT2D eigenvalue weighted by Gasteiger charge is 2.44. The van der Waals surface area contributed by atoms with Crippen LogP contribution in [-0.4, -0.2) is 50.3 Å². The van der Waals surface area contributed by atoms with Crippen LogP contribution in [0.25, 0.3) is 0 Å². The third-order valence-corrected chi connectivity index (χ3v) is 5.66. The molecule has 3 aliphatic rings. The summed E-state index contributed by atoms with van der Waals surface area (Å²) in [6, 6.07) is 0. The van der Waals surface area contributed by atoms with Crippen LogP contribution in [0, 0.1) is 0 Å². The molecule has 0 spiro atoms. The van der Waals surface area contributed by atoms with E-state index in [0.29, 0.717) is 0 Å². The van der Waals surface area contributed by atoms with Crippen molar-refractivity contribution in [3.63, 3.8) is 0 Å². The molecule has 1 saturated heterocycles. The quantitative estimate of drug-likeness (QED) is 0.653. The van der Waals surface area contributed by atoms with E-state index in [1.54, 1.807) is 40.2 Å². The first-order valence-corrected chi connectivity index (χ1v) is 7.69. The number of carbonyl (C=O) groups is 1. The van der Waals surface area contributed by atoms with Crippen LogP contribution >= 0.6 is 35.3 Å². The van der Waals surface area contributed by atoms with Gasteiger partial charge in [-0.05, 0) is 6.26 Å². The molecule has 0 saturated carbocycles. The Morgan fingerprint density at radius 3 is 3.20 bits per heavy atom. The van der Waals surface area contributed by atoms with Crippen molar-refractivity contribution in [2.24, 2.45) is 9.98 Å². The molecule has 0 aromatic carbocycles. The average Bonchev–Trinajstić information content (AvgIpc) is 2.83. The minimum absolute atomic E-state index is 0.102. The maximum absolute atomic E-state index is 12.1. The number of hydrogen-bond donors (Lipinski definition) is 0. The lowest BCUT2D eigenvalue weighted by atomic mass is 10.2. The lowest BCUT2D eigenvalue weighted by molar-refractivity contribution is -0.127. The van der Waals surface area contributed by atoms with E-state index in [4.69, 9.17) is 0 Å². The Hall–Kier alpha value is -0.140. The van der Waals surface area contributed by atoms with Crippen molar-refractivity contribution >= 4 is 50.7 Å². The standard InChI is InChI=1S/C8H9N3OS3/c1-13-8-10-5-4(15-8)6(12)11-2-3-14-7(11)9-5/h4-5H,2-3H2,1H3. The van der Waals surface area contributed by atoms with E-state index in [9.17, 15) is 4.79 Å². The van der Waals surface area contributed by atoms with Gasteiger partial charge in [0.25, 0.3) is 0 Å². The number of nitrogens with zero attached hydrogens (tertiary/aromatic N) is 3. The van der Waals surface area contributed by atoms with Gasteiger partial charge in [0.1, 0.15) is 9.63 Å². The van der Waals surface area contributed by atoms with Crippen LogP contribution < -0.4 is 0 Å². The van der Waals surface area contributed by atoms with Crippen LogP contribution in [0.1, 0.15) is 0 Å². The molecular weight excluding hydrogens is 250 g/mol. The molecule has 0 bridgehead atoms. The summed E-state index contributed by atoms with van der Waals surface area (Å²) in [4.78, 5) is 22.8. The first-order chi connectivity index (χ1) is 7.29. The maximum atomic E-state index is 12.1. The van der Waals surface area contributed by atoms with E-state index in [0.717, 1.165) is 21.8 Å². The summed E-state index contributed by atoms with van der Waals surface area (Å²) < 4.78 is 0.980. The first-order valence-electron chi connectivity index (χ1n) is 4.60. The Morgan fingerprint density at radius 2 is 2.40 bits per heavy atom. The predicted molar refractivity (Wildman–Crippen MR) is 67.7 cm³/mol. The number of amides is 1. The SMILES string of the molecule is CSC1=NC2N=C3SCCN3C(=O)C2S1. The summed E-state index contributed by atoms with van der Waals surface area (Å²) >= 11 is 4.81. The minimum Gasteiger partial charge on any atom is -0.290 e. The van der Waals surface area contributed by atoms with Gasteiger partial charge in [-0.2, -0.15) is 0 Å². The second kappa shape index (κ2) is 3.71. The molecule has 1 amide bonds. The highest BCUT2D eigenvalue weighted by Crippen LogP contribution is 2.38. The zero-order chi connectivity index (χ0) is 10.4. The molecule has 80 valence electrons. The molecular formula is C8H9N3OS3. The first kappa shape index (κ1) is 10.0. The fourth-order valence-corrected chi connectivity index (χ4v) is 4.47. The van der Waals surface area contributed by atoms with Crippen molar-refractivity contribution in [1.82, 2.24) is 4.90 Å². The van der Waals surface area contributed by atoms with Gasteiger partial charge in [-0.3, -0.25) is 9.69 Å². The third kappa shape index (κ3) is 1.52. The van der Waals surface area contributed by atoms with Gasteiger partial charge in [-0.25, -0.2) is 9.98 Å². The van der Waals surface area contributed by atoms with Crippen LogP contribution in [-0.2, 0) is 4.79 Å². The van der Waals surface area contributed by atoms with Gasteiger partial charge in [0.05, 0.1) is 0 Å². The van der Waals surface area contributed by atoms with Gasteiger partial charge in [-0.1, -0.05) is 23.5 Å². The molecule has 3 rings (SSSR count). The number of fused-ring (bicyclic) bond motifs is 2. The van der Waals surface area contributed by atoms with Crippen molar-refractivity contribution in [2.45, 2.75) is 11.4 Å². The van der Waals surface area contributed by atoms with Crippen molar-refractivity contribution in [2.75, 3.05) is 18.6 Å². The molecule has 0 aromatic rings. The summed E-state index contributed by atoms with van der Waals surface area (Å²) in [6.07, 6.45) is 1.82. The average molecular weight is 259 g/mol. The van der Waals surface area contributed by atoms with Crippen LogP contribution in [0.2, 0.25) is 0 Å². The Morgan fingerprint density at radius 1 is 1.53 bits per heavy atom. The van der Waals surface area contributed by atoms with Gasteiger partial charge < -0.3 is 0 Å². The summed E-state index contributed by atoms with van der Waals surface area (Å²) in [7, 11) is 0. The molecule has 7 heteroatoms. The Kier molecular flexibility index (Phi) is 2.48.